The first-order valence-corrected chi connectivity index (χ1v) is 11.2. The van der Waals surface area contributed by atoms with Crippen molar-refractivity contribution in [2.24, 2.45) is 0 Å². The lowest BCUT2D eigenvalue weighted by Crippen LogP contribution is -2.25. The Hall–Kier alpha value is -2.21. The number of carbonyl (C=O) groups is 1. The van der Waals surface area contributed by atoms with Crippen LogP contribution >= 0.6 is 34.5 Å². The number of nitrogens with one attached hydrogen (secondary N) is 1. The molecule has 1 atom stereocenters. The molecule has 3 aromatic rings. The number of carbonyl (C=O) groups excluding carboxylic acids is 1. The summed E-state index contributed by atoms with van der Waals surface area (Å²) in [7, 11) is 1.61. The van der Waals surface area contributed by atoms with Gasteiger partial charge >= 0.3 is 0 Å². The van der Waals surface area contributed by atoms with Crippen molar-refractivity contribution in [2.45, 2.75) is 26.3 Å². The number of methoxy groups -OCH3 is 1. The van der Waals surface area contributed by atoms with E-state index in [-0.39, 0.29) is 18.4 Å². The monoisotopic (exact) mass is 462 g/mol. The van der Waals surface area contributed by atoms with Gasteiger partial charge in [0.25, 0.3) is 0 Å². The number of anilines is 2. The quantitative estimate of drug-likeness (QED) is 0.398. The molecule has 3 rings (SSSR count). The maximum atomic E-state index is 12.5. The number of halogens is 2. The Morgan fingerprint density at radius 1 is 1.17 bits per heavy atom. The molecule has 1 aromatic heterocycles. The van der Waals surface area contributed by atoms with Crippen molar-refractivity contribution < 1.29 is 9.53 Å². The summed E-state index contributed by atoms with van der Waals surface area (Å²) in [5, 5.41) is 3.40. The van der Waals surface area contributed by atoms with Crippen molar-refractivity contribution in [3.05, 3.63) is 74.4 Å². The molecule has 7 heteroatoms. The number of rotatable bonds is 8. The largest absolute Gasteiger partial charge is 0.497 e. The molecule has 2 aromatic carbocycles. The normalized spacial score (nSPS) is 11.8. The number of nitrogens with zero attached hydrogens (tertiary/aromatic N) is 1. The number of benzene rings is 2. The summed E-state index contributed by atoms with van der Waals surface area (Å²) >= 11 is 14.2. The van der Waals surface area contributed by atoms with Crippen molar-refractivity contribution >= 4 is 51.8 Å². The van der Waals surface area contributed by atoms with Crippen molar-refractivity contribution in [2.75, 3.05) is 23.9 Å². The van der Waals surface area contributed by atoms with Gasteiger partial charge in [-0.15, -0.1) is 11.3 Å². The number of amides is 1. The summed E-state index contributed by atoms with van der Waals surface area (Å²) in [6.07, 6.45) is 0.243. The topological polar surface area (TPSA) is 41.6 Å². The highest BCUT2D eigenvalue weighted by Gasteiger charge is 2.18. The van der Waals surface area contributed by atoms with E-state index < -0.39 is 0 Å². The molecule has 0 radical (unpaired) electrons. The SMILES string of the molecule is CCN(c1ccc(NC(=O)Cc2cccc(OC)c2)c(Cl)c1)C(C)c1ccc(Cl)s1. The summed E-state index contributed by atoms with van der Waals surface area (Å²) in [4.78, 5) is 15.9. The highest BCUT2D eigenvalue weighted by Crippen LogP contribution is 2.35. The summed E-state index contributed by atoms with van der Waals surface area (Å²) in [5.74, 6) is 0.593. The average Bonchev–Trinajstić information content (AvgIpc) is 3.17. The van der Waals surface area contributed by atoms with E-state index in [2.05, 4.69) is 30.1 Å². The Morgan fingerprint density at radius 3 is 2.60 bits per heavy atom. The predicted molar refractivity (Wildman–Crippen MR) is 128 cm³/mol. The van der Waals surface area contributed by atoms with Crippen LogP contribution in [0.15, 0.2) is 54.6 Å². The van der Waals surface area contributed by atoms with Crippen molar-refractivity contribution in [3.63, 3.8) is 0 Å². The van der Waals surface area contributed by atoms with Crippen LogP contribution in [-0.2, 0) is 11.2 Å². The zero-order valence-corrected chi connectivity index (χ0v) is 19.4. The van der Waals surface area contributed by atoms with Crippen molar-refractivity contribution in [1.82, 2.24) is 0 Å². The molecule has 30 heavy (non-hydrogen) atoms. The lowest BCUT2D eigenvalue weighted by Gasteiger charge is -2.30. The highest BCUT2D eigenvalue weighted by molar-refractivity contribution is 7.16. The van der Waals surface area contributed by atoms with Crippen LogP contribution in [0.3, 0.4) is 0 Å². The minimum absolute atomic E-state index is 0.133. The standard InChI is InChI=1S/C23H24Cl2N2O2S/c1-4-27(15(2)21-10-11-22(25)30-21)17-8-9-20(19(24)14-17)26-23(28)13-16-6-5-7-18(12-16)29-3/h5-12,14-15H,4,13H2,1-3H3,(H,26,28). The molecule has 0 spiro atoms. The van der Waals surface area contributed by atoms with Gasteiger partial charge in [0, 0.05) is 17.1 Å². The zero-order chi connectivity index (χ0) is 21.7. The van der Waals surface area contributed by atoms with E-state index in [0.29, 0.717) is 10.7 Å². The first kappa shape index (κ1) is 22.5. The third-order valence-corrected chi connectivity index (χ3v) is 6.59. The second kappa shape index (κ2) is 10.2. The smallest absolute Gasteiger partial charge is 0.228 e. The molecule has 0 aliphatic heterocycles. The molecule has 0 saturated heterocycles. The van der Waals surface area contributed by atoms with Gasteiger partial charge in [0.2, 0.25) is 5.91 Å². The third-order valence-electron chi connectivity index (χ3n) is 4.87. The lowest BCUT2D eigenvalue weighted by atomic mass is 10.1. The van der Waals surface area contributed by atoms with Crippen LogP contribution in [0, 0.1) is 0 Å². The van der Waals surface area contributed by atoms with Crippen LogP contribution in [0.4, 0.5) is 11.4 Å². The van der Waals surface area contributed by atoms with Crippen molar-refractivity contribution in [1.29, 1.82) is 0 Å². The van der Waals surface area contributed by atoms with Crippen molar-refractivity contribution in [3.8, 4) is 5.75 Å². The molecule has 4 nitrogen and oxygen atoms in total. The molecular formula is C23H24Cl2N2O2S. The van der Waals surface area contributed by atoms with E-state index in [9.17, 15) is 4.79 Å². The maximum Gasteiger partial charge on any atom is 0.228 e. The van der Waals surface area contributed by atoms with E-state index in [1.165, 1.54) is 4.88 Å². The minimum atomic E-state index is -0.133. The summed E-state index contributed by atoms with van der Waals surface area (Å²) in [6.45, 7) is 5.06. The Morgan fingerprint density at radius 2 is 1.97 bits per heavy atom. The van der Waals surface area contributed by atoms with Crippen LogP contribution in [-0.4, -0.2) is 19.6 Å². The summed E-state index contributed by atoms with van der Waals surface area (Å²) < 4.78 is 5.99. The van der Waals surface area contributed by atoms with Crippen LogP contribution in [0.2, 0.25) is 9.36 Å². The summed E-state index contributed by atoms with van der Waals surface area (Å²) in [6, 6.07) is 17.3. The lowest BCUT2D eigenvalue weighted by molar-refractivity contribution is -0.115. The van der Waals surface area contributed by atoms with Gasteiger partial charge < -0.3 is 15.0 Å². The van der Waals surface area contributed by atoms with Gasteiger partial charge in [0.15, 0.2) is 0 Å². The maximum absolute atomic E-state index is 12.5. The number of ether oxygens (including phenoxy) is 1. The Kier molecular flexibility index (Phi) is 7.64. The Balaban J connectivity index is 1.71. The first-order valence-electron chi connectivity index (χ1n) is 9.65. The number of hydrogen-bond acceptors (Lipinski definition) is 4. The van der Waals surface area contributed by atoms with Gasteiger partial charge in [0.05, 0.1) is 34.6 Å². The number of hydrogen-bond donors (Lipinski definition) is 1. The molecule has 0 fully saturated rings. The molecule has 1 unspecified atom stereocenters. The van der Waals surface area contributed by atoms with Gasteiger partial charge in [0.1, 0.15) is 5.75 Å². The van der Waals surface area contributed by atoms with E-state index in [4.69, 9.17) is 27.9 Å². The van der Waals surface area contributed by atoms with E-state index in [1.54, 1.807) is 18.4 Å². The van der Waals surface area contributed by atoms with Crippen LogP contribution in [0.25, 0.3) is 0 Å². The second-order valence-corrected chi connectivity index (χ2v) is 9.00. The van der Waals surface area contributed by atoms with Gasteiger partial charge in [-0.05, 0) is 61.9 Å². The average molecular weight is 463 g/mol. The fourth-order valence-electron chi connectivity index (χ4n) is 3.33. The van der Waals surface area contributed by atoms with Crippen LogP contribution in [0.1, 0.15) is 30.3 Å². The molecule has 1 N–H and O–H groups in total. The molecule has 1 amide bonds. The van der Waals surface area contributed by atoms with E-state index >= 15 is 0 Å². The van der Waals surface area contributed by atoms with Crippen LogP contribution in [0.5, 0.6) is 5.75 Å². The first-order chi connectivity index (χ1) is 14.4. The van der Waals surface area contributed by atoms with Gasteiger partial charge in [-0.1, -0.05) is 35.3 Å². The van der Waals surface area contributed by atoms with Gasteiger partial charge in [-0.3, -0.25) is 4.79 Å². The highest BCUT2D eigenvalue weighted by atomic mass is 35.5. The predicted octanol–water partition coefficient (Wildman–Crippen LogP) is 6.83. The van der Waals surface area contributed by atoms with E-state index in [0.717, 1.165) is 27.9 Å². The minimum Gasteiger partial charge on any atom is -0.497 e. The van der Waals surface area contributed by atoms with E-state index in [1.807, 2.05) is 48.5 Å². The molecule has 0 saturated carbocycles. The molecule has 0 aliphatic carbocycles. The molecule has 1 heterocycles. The fourth-order valence-corrected chi connectivity index (χ4v) is 4.68. The molecule has 158 valence electrons. The molecule has 0 aliphatic rings. The Bertz CT molecular complexity index is 1020. The second-order valence-electron chi connectivity index (χ2n) is 6.84. The van der Waals surface area contributed by atoms with Gasteiger partial charge in [-0.2, -0.15) is 0 Å². The Labute approximate surface area is 191 Å². The van der Waals surface area contributed by atoms with Crippen LogP contribution < -0.4 is 15.0 Å². The molecular weight excluding hydrogens is 439 g/mol. The molecule has 0 bridgehead atoms. The summed E-state index contributed by atoms with van der Waals surface area (Å²) in [5.41, 5.74) is 2.46. The van der Waals surface area contributed by atoms with Gasteiger partial charge in [-0.25, -0.2) is 0 Å². The zero-order valence-electron chi connectivity index (χ0n) is 17.1. The number of thiophene rings is 1. The fraction of sp³-hybridized carbons (Fsp3) is 0.261. The third kappa shape index (κ3) is 5.48.